The van der Waals surface area contributed by atoms with Crippen LogP contribution in [0.5, 0.6) is 0 Å². The third-order valence-corrected chi connectivity index (χ3v) is 3.72. The second-order valence-electron chi connectivity index (χ2n) is 4.03. The highest BCUT2D eigenvalue weighted by molar-refractivity contribution is 7.16. The third kappa shape index (κ3) is 2.09. The summed E-state index contributed by atoms with van der Waals surface area (Å²) in [6.45, 7) is 3.77. The first-order valence-electron chi connectivity index (χ1n) is 5.94. The zero-order valence-electron chi connectivity index (χ0n) is 10.1. The number of nitrogens with one attached hydrogen (secondary N) is 1. The third-order valence-electron chi connectivity index (χ3n) is 2.91. The lowest BCUT2D eigenvalue weighted by atomic mass is 10.3. The monoisotopic (exact) mass is 258 g/mol. The van der Waals surface area contributed by atoms with Gasteiger partial charge in [-0.3, -0.25) is 4.68 Å². The van der Waals surface area contributed by atoms with Gasteiger partial charge in [0.05, 0.1) is 28.0 Å². The lowest BCUT2D eigenvalue weighted by Crippen LogP contribution is -2.07. The first-order valence-corrected chi connectivity index (χ1v) is 6.82. The van der Waals surface area contributed by atoms with Crippen molar-refractivity contribution in [2.75, 3.05) is 5.32 Å². The Labute approximate surface area is 109 Å². The molecule has 0 aliphatic rings. The van der Waals surface area contributed by atoms with Crippen molar-refractivity contribution in [1.29, 1.82) is 0 Å². The van der Waals surface area contributed by atoms with Crippen LogP contribution in [0.25, 0.3) is 10.2 Å². The summed E-state index contributed by atoms with van der Waals surface area (Å²) in [6.07, 6.45) is 1.84. The molecule has 4 nitrogen and oxygen atoms in total. The molecular formula is C13H14N4S. The summed E-state index contributed by atoms with van der Waals surface area (Å²) in [5.74, 6) is 0. The van der Waals surface area contributed by atoms with E-state index in [1.165, 1.54) is 10.4 Å². The Morgan fingerprint density at radius 2 is 2.28 bits per heavy atom. The van der Waals surface area contributed by atoms with E-state index in [-0.39, 0.29) is 0 Å². The maximum Gasteiger partial charge on any atom is 0.0832 e. The molecule has 0 bridgehead atoms. The van der Waals surface area contributed by atoms with E-state index in [9.17, 15) is 0 Å². The summed E-state index contributed by atoms with van der Waals surface area (Å²) in [6, 6.07) is 8.32. The Morgan fingerprint density at radius 1 is 1.33 bits per heavy atom. The Morgan fingerprint density at radius 3 is 3.17 bits per heavy atom. The van der Waals surface area contributed by atoms with Gasteiger partial charge in [-0.1, -0.05) is 0 Å². The number of hydrogen-bond acceptors (Lipinski definition) is 4. The fourth-order valence-electron chi connectivity index (χ4n) is 1.96. The summed E-state index contributed by atoms with van der Waals surface area (Å²) >= 11 is 1.66. The number of hydrogen-bond donors (Lipinski definition) is 1. The fraction of sp³-hybridized carbons (Fsp3) is 0.231. The summed E-state index contributed by atoms with van der Waals surface area (Å²) in [5.41, 5.74) is 5.21. The molecular weight excluding hydrogens is 244 g/mol. The average Bonchev–Trinajstić information content (AvgIpc) is 3.04. The van der Waals surface area contributed by atoms with Crippen LogP contribution in [0, 0.1) is 0 Å². The molecule has 18 heavy (non-hydrogen) atoms. The molecule has 0 saturated heterocycles. The standard InChI is InChI=1S/C13H14N4S/c1-2-17-11(5-6-16-17)8-14-10-3-4-13-12(7-10)15-9-18-13/h3-7,9,14H,2,8H2,1H3. The number of aromatic nitrogens is 3. The molecule has 0 fully saturated rings. The molecule has 0 aliphatic carbocycles. The van der Waals surface area contributed by atoms with Crippen LogP contribution < -0.4 is 5.32 Å². The minimum Gasteiger partial charge on any atom is -0.379 e. The number of anilines is 1. The lowest BCUT2D eigenvalue weighted by Gasteiger charge is -2.08. The number of fused-ring (bicyclic) bond motifs is 1. The summed E-state index contributed by atoms with van der Waals surface area (Å²) in [7, 11) is 0. The second kappa shape index (κ2) is 4.78. The Hall–Kier alpha value is -1.88. The molecule has 5 heteroatoms. The highest BCUT2D eigenvalue weighted by Gasteiger charge is 2.02. The number of rotatable bonds is 4. The van der Waals surface area contributed by atoms with E-state index in [1.807, 2.05) is 22.5 Å². The molecule has 1 aromatic carbocycles. The van der Waals surface area contributed by atoms with E-state index in [0.29, 0.717) is 0 Å². The van der Waals surface area contributed by atoms with Crippen LogP contribution in [0.3, 0.4) is 0 Å². The maximum absolute atomic E-state index is 4.32. The van der Waals surface area contributed by atoms with Crippen LogP contribution in [0.1, 0.15) is 12.6 Å². The molecule has 2 heterocycles. The van der Waals surface area contributed by atoms with Gasteiger partial charge < -0.3 is 5.32 Å². The van der Waals surface area contributed by atoms with Gasteiger partial charge in [-0.2, -0.15) is 5.10 Å². The average molecular weight is 258 g/mol. The van der Waals surface area contributed by atoms with Crippen LogP contribution in [-0.2, 0) is 13.1 Å². The summed E-state index contributed by atoms with van der Waals surface area (Å²) in [4.78, 5) is 4.32. The lowest BCUT2D eigenvalue weighted by molar-refractivity contribution is 0.627. The van der Waals surface area contributed by atoms with Gasteiger partial charge in [0.1, 0.15) is 0 Å². The molecule has 3 rings (SSSR count). The van der Waals surface area contributed by atoms with Crippen molar-refractivity contribution in [2.24, 2.45) is 0 Å². The number of benzene rings is 1. The first kappa shape index (κ1) is 11.2. The molecule has 0 unspecified atom stereocenters. The van der Waals surface area contributed by atoms with Crippen LogP contribution in [-0.4, -0.2) is 14.8 Å². The van der Waals surface area contributed by atoms with Crippen molar-refractivity contribution in [3.05, 3.63) is 41.7 Å². The smallest absolute Gasteiger partial charge is 0.0832 e. The molecule has 0 radical (unpaired) electrons. The fourth-order valence-corrected chi connectivity index (χ4v) is 2.61. The molecule has 0 spiro atoms. The van der Waals surface area contributed by atoms with E-state index in [4.69, 9.17) is 0 Å². The van der Waals surface area contributed by atoms with Gasteiger partial charge in [-0.15, -0.1) is 11.3 Å². The minimum absolute atomic E-state index is 0.781. The molecule has 0 atom stereocenters. The van der Waals surface area contributed by atoms with Crippen LogP contribution in [0.4, 0.5) is 5.69 Å². The largest absolute Gasteiger partial charge is 0.379 e. The van der Waals surface area contributed by atoms with Gasteiger partial charge in [-0.05, 0) is 31.2 Å². The van der Waals surface area contributed by atoms with Crippen LogP contribution in [0.15, 0.2) is 36.0 Å². The Bertz CT molecular complexity index is 656. The summed E-state index contributed by atoms with van der Waals surface area (Å²) in [5, 5.41) is 7.66. The molecule has 0 aliphatic heterocycles. The van der Waals surface area contributed by atoms with E-state index >= 15 is 0 Å². The predicted molar refractivity (Wildman–Crippen MR) is 74.8 cm³/mol. The molecule has 0 amide bonds. The molecule has 92 valence electrons. The van der Waals surface area contributed by atoms with Crippen LogP contribution >= 0.6 is 11.3 Å². The van der Waals surface area contributed by atoms with E-state index in [0.717, 1.165) is 24.3 Å². The normalized spacial score (nSPS) is 10.9. The van der Waals surface area contributed by atoms with Crippen molar-refractivity contribution in [3.63, 3.8) is 0 Å². The zero-order valence-corrected chi connectivity index (χ0v) is 10.9. The minimum atomic E-state index is 0.781. The van der Waals surface area contributed by atoms with Gasteiger partial charge in [0, 0.05) is 18.4 Å². The molecule has 3 aromatic rings. The topological polar surface area (TPSA) is 42.7 Å². The van der Waals surface area contributed by atoms with E-state index in [1.54, 1.807) is 11.3 Å². The van der Waals surface area contributed by atoms with Crippen molar-refractivity contribution < 1.29 is 0 Å². The highest BCUT2D eigenvalue weighted by atomic mass is 32.1. The molecule has 1 N–H and O–H groups in total. The van der Waals surface area contributed by atoms with Gasteiger partial charge in [0.2, 0.25) is 0 Å². The van der Waals surface area contributed by atoms with Crippen molar-refractivity contribution in [1.82, 2.24) is 14.8 Å². The Kier molecular flexibility index (Phi) is 2.98. The maximum atomic E-state index is 4.32. The van der Waals surface area contributed by atoms with Gasteiger partial charge in [0.15, 0.2) is 0 Å². The van der Waals surface area contributed by atoms with Crippen molar-refractivity contribution in [2.45, 2.75) is 20.0 Å². The predicted octanol–water partition coefficient (Wildman–Crippen LogP) is 3.12. The quantitative estimate of drug-likeness (QED) is 0.782. The highest BCUT2D eigenvalue weighted by Crippen LogP contribution is 2.21. The summed E-state index contributed by atoms with van der Waals surface area (Å²) < 4.78 is 3.22. The van der Waals surface area contributed by atoms with Crippen molar-refractivity contribution >= 4 is 27.2 Å². The number of aryl methyl sites for hydroxylation is 1. The Balaban J connectivity index is 1.76. The van der Waals surface area contributed by atoms with Gasteiger partial charge >= 0.3 is 0 Å². The second-order valence-corrected chi connectivity index (χ2v) is 4.91. The first-order chi connectivity index (χ1) is 8.86. The number of nitrogens with zero attached hydrogens (tertiary/aromatic N) is 3. The van der Waals surface area contributed by atoms with E-state index in [2.05, 4.69) is 40.5 Å². The SMILES string of the molecule is CCn1nccc1CNc1ccc2scnc2c1. The van der Waals surface area contributed by atoms with E-state index < -0.39 is 0 Å². The zero-order chi connectivity index (χ0) is 12.4. The van der Waals surface area contributed by atoms with Crippen LogP contribution in [0.2, 0.25) is 0 Å². The van der Waals surface area contributed by atoms with Gasteiger partial charge in [0.25, 0.3) is 0 Å². The number of thiazole rings is 1. The van der Waals surface area contributed by atoms with Gasteiger partial charge in [-0.25, -0.2) is 4.98 Å². The van der Waals surface area contributed by atoms with Crippen molar-refractivity contribution in [3.8, 4) is 0 Å². The molecule has 2 aromatic heterocycles. The molecule has 0 saturated carbocycles.